The van der Waals surface area contributed by atoms with Crippen molar-refractivity contribution in [3.8, 4) is 5.75 Å². The molecule has 1 saturated carbocycles. The maximum atomic E-state index is 11.6. The zero-order chi connectivity index (χ0) is 25.7. The number of carbonyl (C=O) groups is 1. The van der Waals surface area contributed by atoms with Crippen LogP contribution in [0.15, 0.2) is 30.6 Å². The van der Waals surface area contributed by atoms with Crippen molar-refractivity contribution in [3.63, 3.8) is 0 Å². The van der Waals surface area contributed by atoms with Gasteiger partial charge in [0.05, 0.1) is 6.10 Å². The molecule has 0 radical (unpaired) electrons. The summed E-state index contributed by atoms with van der Waals surface area (Å²) in [5.74, 6) is 0.168. The number of aromatic hydroxyl groups is 1. The highest BCUT2D eigenvalue weighted by atomic mass is 16.5. The van der Waals surface area contributed by atoms with Gasteiger partial charge in [-0.25, -0.2) is 4.79 Å². The van der Waals surface area contributed by atoms with Crippen molar-refractivity contribution >= 4 is 5.97 Å². The number of aromatic nitrogens is 1. The molecule has 6 rings (SSSR count). The van der Waals surface area contributed by atoms with E-state index in [1.54, 1.807) is 6.07 Å². The molecule has 2 aromatic rings. The minimum absolute atomic E-state index is 0.0507. The highest BCUT2D eigenvalue weighted by Gasteiger charge is 2.55. The van der Waals surface area contributed by atoms with Gasteiger partial charge in [0.15, 0.2) is 12.4 Å². The van der Waals surface area contributed by atoms with Crippen molar-refractivity contribution in [2.24, 2.45) is 5.92 Å². The lowest BCUT2D eigenvalue weighted by molar-refractivity contribution is -0.605. The molecular formula is C30H38N2O5. The van der Waals surface area contributed by atoms with E-state index in [-0.39, 0.29) is 23.0 Å². The zero-order valence-electron chi connectivity index (χ0n) is 21.7. The maximum absolute atomic E-state index is 11.6. The maximum Gasteiger partial charge on any atom is 0.342 e. The van der Waals surface area contributed by atoms with E-state index in [2.05, 4.69) is 11.8 Å². The molecule has 1 aromatic heterocycles. The number of piperidine rings is 1. The third-order valence-corrected chi connectivity index (χ3v) is 9.72. The van der Waals surface area contributed by atoms with Gasteiger partial charge in [-0.1, -0.05) is 12.8 Å². The van der Waals surface area contributed by atoms with E-state index >= 15 is 0 Å². The molecule has 5 atom stereocenters. The monoisotopic (exact) mass is 506 g/mol. The first-order valence-corrected chi connectivity index (χ1v) is 14.0. The van der Waals surface area contributed by atoms with E-state index in [9.17, 15) is 20.2 Å². The van der Waals surface area contributed by atoms with Gasteiger partial charge in [0.2, 0.25) is 0 Å². The van der Waals surface area contributed by atoms with E-state index in [0.29, 0.717) is 22.4 Å². The molecule has 7 heteroatoms. The van der Waals surface area contributed by atoms with Crippen LogP contribution in [0.1, 0.15) is 89.9 Å². The number of carboxylic acid groups (broad SMARTS) is 1. The normalized spacial score (nSPS) is 30.4. The molecule has 37 heavy (non-hydrogen) atoms. The highest BCUT2D eigenvalue weighted by molar-refractivity contribution is 5.89. The Morgan fingerprint density at radius 1 is 1.27 bits per heavy atom. The van der Waals surface area contributed by atoms with Gasteiger partial charge in [0, 0.05) is 24.1 Å². The number of aryl methyl sites for hydroxylation is 1. The smallest absolute Gasteiger partial charge is 0.342 e. The van der Waals surface area contributed by atoms with Gasteiger partial charge >= 0.3 is 5.97 Å². The van der Waals surface area contributed by atoms with Gasteiger partial charge < -0.3 is 20.2 Å². The molecule has 3 heterocycles. The summed E-state index contributed by atoms with van der Waals surface area (Å²) in [5, 5.41) is 31.3. The average molecular weight is 507 g/mol. The summed E-state index contributed by atoms with van der Waals surface area (Å²) in [6.45, 7) is 5.16. The number of pyridine rings is 1. The Labute approximate surface area is 218 Å². The molecular weight excluding hydrogens is 468 g/mol. The SMILES string of the molecule is Cc1cc(O)cc2c1C[C@@H]1[C@@H]3OCCC[C@]23CCN1CCCCCC1CC1c1cc[n+]([O-])cc1C(=O)O. The third kappa shape index (κ3) is 4.40. The molecule has 7 nitrogen and oxygen atoms in total. The number of carboxylic acids is 1. The Morgan fingerprint density at radius 3 is 2.97 bits per heavy atom. The summed E-state index contributed by atoms with van der Waals surface area (Å²) in [6.07, 6.45) is 12.8. The van der Waals surface area contributed by atoms with E-state index in [4.69, 9.17) is 4.74 Å². The van der Waals surface area contributed by atoms with Crippen LogP contribution in [0.5, 0.6) is 5.75 Å². The molecule has 3 fully saturated rings. The van der Waals surface area contributed by atoms with Crippen LogP contribution in [0.2, 0.25) is 0 Å². The Bertz CT molecular complexity index is 1200. The minimum atomic E-state index is -1.02. The number of hydrogen-bond donors (Lipinski definition) is 2. The van der Waals surface area contributed by atoms with E-state index < -0.39 is 5.97 Å². The second kappa shape index (κ2) is 9.59. The van der Waals surface area contributed by atoms with Crippen LogP contribution in [-0.2, 0) is 16.6 Å². The Kier molecular flexibility index (Phi) is 6.40. The predicted molar refractivity (Wildman–Crippen MR) is 139 cm³/mol. The van der Waals surface area contributed by atoms with Crippen molar-refractivity contribution in [2.45, 2.75) is 88.2 Å². The first kappa shape index (κ1) is 24.7. The Morgan fingerprint density at radius 2 is 2.14 bits per heavy atom. The van der Waals surface area contributed by atoms with Gasteiger partial charge in [0.25, 0.3) is 0 Å². The molecule has 2 bridgehead atoms. The number of ether oxygens (including phenoxy) is 1. The quantitative estimate of drug-likeness (QED) is 0.312. The number of aromatic carboxylic acids is 1. The molecule has 0 spiro atoms. The number of likely N-dealkylation sites (tertiary alicyclic amines) is 1. The Hall–Kier alpha value is -2.64. The van der Waals surface area contributed by atoms with Gasteiger partial charge in [-0.3, -0.25) is 4.90 Å². The highest BCUT2D eigenvalue weighted by Crippen LogP contribution is 2.53. The number of rotatable bonds is 8. The number of phenols is 1. The summed E-state index contributed by atoms with van der Waals surface area (Å²) >= 11 is 0. The predicted octanol–water partition coefficient (Wildman–Crippen LogP) is 4.44. The number of benzene rings is 1. The van der Waals surface area contributed by atoms with Crippen LogP contribution in [0.3, 0.4) is 0 Å². The van der Waals surface area contributed by atoms with Gasteiger partial charge in [-0.15, -0.1) is 0 Å². The fraction of sp³-hybridized carbons (Fsp3) is 0.600. The summed E-state index contributed by atoms with van der Waals surface area (Å²) in [7, 11) is 0. The number of nitrogens with zero attached hydrogens (tertiary/aromatic N) is 2. The molecule has 2 saturated heterocycles. The minimum Gasteiger partial charge on any atom is -0.619 e. The summed E-state index contributed by atoms with van der Waals surface area (Å²) in [6, 6.07) is 6.04. The van der Waals surface area contributed by atoms with E-state index in [1.165, 1.54) is 35.5 Å². The molecule has 0 amide bonds. The largest absolute Gasteiger partial charge is 0.619 e. The van der Waals surface area contributed by atoms with Crippen LogP contribution in [0.25, 0.3) is 0 Å². The van der Waals surface area contributed by atoms with Gasteiger partial charge in [-0.2, -0.15) is 4.73 Å². The molecule has 2 aliphatic heterocycles. The van der Waals surface area contributed by atoms with Crippen LogP contribution in [0, 0.1) is 18.0 Å². The van der Waals surface area contributed by atoms with Crippen LogP contribution >= 0.6 is 0 Å². The van der Waals surface area contributed by atoms with Crippen LogP contribution in [-0.4, -0.2) is 52.9 Å². The lowest BCUT2D eigenvalue weighted by Gasteiger charge is -2.58. The summed E-state index contributed by atoms with van der Waals surface area (Å²) in [5.41, 5.74) is 5.00. The second-order valence-corrected chi connectivity index (χ2v) is 11.8. The fourth-order valence-electron chi connectivity index (χ4n) is 7.84. The van der Waals surface area contributed by atoms with Crippen molar-refractivity contribution < 1.29 is 24.5 Å². The van der Waals surface area contributed by atoms with E-state index in [0.717, 1.165) is 76.6 Å². The topological polar surface area (TPSA) is 96.9 Å². The number of hydrogen-bond acceptors (Lipinski definition) is 5. The molecule has 198 valence electrons. The first-order chi connectivity index (χ1) is 17.9. The van der Waals surface area contributed by atoms with Crippen molar-refractivity contribution in [2.75, 3.05) is 19.7 Å². The molecule has 2 unspecified atom stereocenters. The van der Waals surface area contributed by atoms with Crippen LogP contribution in [0.4, 0.5) is 0 Å². The van der Waals surface area contributed by atoms with Gasteiger partial charge in [-0.05, 0) is 111 Å². The molecule has 2 N–H and O–H groups in total. The standard InChI is InChI=1S/C30H38N2O5/c1-19-14-21(33)16-26-23(19)17-27-28-30(26,8-5-13-37-28)9-12-31(27)10-4-2-3-6-20-15-24(20)22-7-11-32(36)18-25(22)29(34)35/h7,11,14,16,18,20,24,27-28,33H,2-6,8-10,12-13,15,17H2,1H3,(H,34,35)/t20?,24?,27-,28+,30+/m1/s1. The number of unbranched alkanes of at least 4 members (excludes halogenated alkanes) is 2. The van der Waals surface area contributed by atoms with Crippen LogP contribution < -0.4 is 4.73 Å². The van der Waals surface area contributed by atoms with E-state index in [1.807, 2.05) is 12.1 Å². The molecule has 4 aliphatic rings. The zero-order valence-corrected chi connectivity index (χ0v) is 21.7. The lowest BCUT2D eigenvalue weighted by Crippen LogP contribution is -2.65. The Balaban J connectivity index is 1.04. The average Bonchev–Trinajstić information content (AvgIpc) is 3.64. The number of fused-ring (bicyclic) bond motifs is 1. The summed E-state index contributed by atoms with van der Waals surface area (Å²) in [4.78, 5) is 14.2. The second-order valence-electron chi connectivity index (χ2n) is 11.8. The lowest BCUT2D eigenvalue weighted by atomic mass is 9.58. The third-order valence-electron chi connectivity index (χ3n) is 9.72. The van der Waals surface area contributed by atoms with Gasteiger partial charge in [0.1, 0.15) is 11.3 Å². The summed E-state index contributed by atoms with van der Waals surface area (Å²) < 4.78 is 7.05. The van der Waals surface area contributed by atoms with Crippen molar-refractivity contribution in [3.05, 3.63) is 63.6 Å². The number of phenolic OH excluding ortho intramolecular Hbond substituents is 1. The van der Waals surface area contributed by atoms with Crippen molar-refractivity contribution in [1.29, 1.82) is 0 Å². The van der Waals surface area contributed by atoms with Crippen molar-refractivity contribution in [1.82, 2.24) is 4.90 Å². The molecule has 2 aliphatic carbocycles. The fourth-order valence-corrected chi connectivity index (χ4v) is 7.84. The molecule has 1 aromatic carbocycles. The first-order valence-electron chi connectivity index (χ1n) is 14.0.